The van der Waals surface area contributed by atoms with Gasteiger partial charge in [-0.15, -0.1) is 0 Å². The van der Waals surface area contributed by atoms with Crippen LogP contribution in [-0.2, 0) is 0 Å². The van der Waals surface area contributed by atoms with Crippen molar-refractivity contribution < 1.29 is 0 Å². The van der Waals surface area contributed by atoms with Crippen molar-refractivity contribution in [1.29, 1.82) is 0 Å². The largest absolute Gasteiger partial charge is 0.262 e. The van der Waals surface area contributed by atoms with Crippen LogP contribution in [0.4, 0.5) is 0 Å². The number of rotatable bonds is 0. The Morgan fingerprint density at radius 1 is 1.50 bits per heavy atom. The molecule has 0 aromatic heterocycles. The lowest BCUT2D eigenvalue weighted by molar-refractivity contribution is 0.994. The minimum absolute atomic E-state index is 0.443. The topological polar surface area (TPSA) is 43.6 Å². The van der Waals surface area contributed by atoms with Crippen molar-refractivity contribution in [3.05, 3.63) is 17.3 Å². The van der Waals surface area contributed by atoms with E-state index in [1.165, 1.54) is 10.3 Å². The number of aryl methyl sites for hydroxylation is 1. The molecular formula is C6H5ClN4S. The van der Waals surface area contributed by atoms with Gasteiger partial charge in [0, 0.05) is 0 Å². The van der Waals surface area contributed by atoms with E-state index >= 15 is 0 Å². The Kier molecular flexibility index (Phi) is 1.69. The van der Waals surface area contributed by atoms with Gasteiger partial charge in [0.2, 0.25) is 0 Å². The summed E-state index contributed by atoms with van der Waals surface area (Å²) < 4.78 is 1.47. The molecule has 0 spiro atoms. The molecule has 0 N–H and O–H groups in total. The Morgan fingerprint density at radius 3 is 3.00 bits per heavy atom. The van der Waals surface area contributed by atoms with Gasteiger partial charge in [0.05, 0.1) is 0 Å². The van der Waals surface area contributed by atoms with Crippen LogP contribution in [0.3, 0.4) is 0 Å². The van der Waals surface area contributed by atoms with Gasteiger partial charge in [0.25, 0.3) is 0 Å². The van der Waals surface area contributed by atoms with Gasteiger partial charge in [0.1, 0.15) is 23.0 Å². The molecule has 0 bridgehead atoms. The number of hydrogen-bond acceptors (Lipinski definition) is 4. The first-order valence-corrected chi connectivity index (χ1v) is 4.02. The first-order valence-electron chi connectivity index (χ1n) is 3.25. The average Bonchev–Trinajstić information content (AvgIpc) is 2.48. The van der Waals surface area contributed by atoms with Crippen molar-refractivity contribution >= 4 is 24.4 Å². The highest BCUT2D eigenvalue weighted by Gasteiger charge is 2.15. The summed E-state index contributed by atoms with van der Waals surface area (Å²) in [4.78, 5) is 12.0. The molecule has 0 amide bonds. The predicted molar refractivity (Wildman–Crippen MR) is 48.6 cm³/mol. The molecule has 0 fully saturated rings. The van der Waals surface area contributed by atoms with Crippen molar-refractivity contribution in [3.8, 4) is 11.5 Å². The van der Waals surface area contributed by atoms with Crippen molar-refractivity contribution in [1.82, 2.24) is 18.9 Å². The molecule has 0 aromatic carbocycles. The minimum atomic E-state index is 0.443. The minimum Gasteiger partial charge on any atom is -0.262 e. The highest BCUT2D eigenvalue weighted by Crippen LogP contribution is 2.25. The molecule has 12 heavy (non-hydrogen) atoms. The molecule has 0 atom stereocenters. The highest BCUT2D eigenvalue weighted by atomic mass is 35.5. The number of hydrogen-bond donors (Lipinski definition) is 1. The van der Waals surface area contributed by atoms with Crippen LogP contribution in [-0.4, -0.2) is 18.9 Å². The fourth-order valence-corrected chi connectivity index (χ4v) is 1.33. The Balaban J connectivity index is 2.85. The molecule has 2 aliphatic rings. The second kappa shape index (κ2) is 2.60. The standard InChI is InChI=1S/C6H5ClN4S/c1-3-10-6-4(8-2-9-6)5(7)11(3)12/h2,12H,1H3. The second-order valence-electron chi connectivity index (χ2n) is 2.31. The summed E-state index contributed by atoms with van der Waals surface area (Å²) >= 11 is 10.0. The zero-order chi connectivity index (χ0) is 8.72. The normalized spacial score (nSPS) is 10.9. The van der Waals surface area contributed by atoms with Gasteiger partial charge in [-0.05, 0) is 6.92 Å². The second-order valence-corrected chi connectivity index (χ2v) is 3.07. The predicted octanol–water partition coefficient (Wildman–Crippen LogP) is 1.43. The van der Waals surface area contributed by atoms with Gasteiger partial charge >= 0.3 is 0 Å². The maximum Gasteiger partial charge on any atom is 0.184 e. The van der Waals surface area contributed by atoms with Crippen LogP contribution in [0.15, 0.2) is 6.33 Å². The molecule has 62 valence electrons. The first-order chi connectivity index (χ1) is 5.70. The van der Waals surface area contributed by atoms with E-state index in [4.69, 9.17) is 11.6 Å². The van der Waals surface area contributed by atoms with Gasteiger partial charge in [-0.1, -0.05) is 24.4 Å². The average molecular weight is 201 g/mol. The number of fused-ring (bicyclic) bond motifs is 1. The number of aromatic nitrogens is 4. The van der Waals surface area contributed by atoms with Gasteiger partial charge in [-0.25, -0.2) is 15.0 Å². The maximum atomic E-state index is 5.92. The van der Waals surface area contributed by atoms with Crippen molar-refractivity contribution in [3.63, 3.8) is 0 Å². The smallest absolute Gasteiger partial charge is 0.184 e. The summed E-state index contributed by atoms with van der Waals surface area (Å²) in [7, 11) is 0. The number of halogens is 1. The van der Waals surface area contributed by atoms with E-state index in [-0.39, 0.29) is 0 Å². The molecule has 0 saturated carbocycles. The van der Waals surface area contributed by atoms with Gasteiger partial charge in [0.15, 0.2) is 5.82 Å². The van der Waals surface area contributed by atoms with Gasteiger partial charge < -0.3 is 0 Å². The summed E-state index contributed by atoms with van der Waals surface area (Å²) in [6, 6.07) is 0. The van der Waals surface area contributed by atoms with E-state index < -0.39 is 0 Å². The molecular weight excluding hydrogens is 196 g/mol. The molecule has 2 heterocycles. The monoisotopic (exact) mass is 200 g/mol. The molecule has 0 radical (unpaired) electrons. The van der Waals surface area contributed by atoms with Crippen molar-refractivity contribution in [2.75, 3.05) is 0 Å². The Labute approximate surface area is 79.5 Å². The summed E-state index contributed by atoms with van der Waals surface area (Å²) in [5.41, 5.74) is 0.581. The molecule has 0 unspecified atom stereocenters. The van der Waals surface area contributed by atoms with Gasteiger partial charge in [-0.2, -0.15) is 0 Å². The lowest BCUT2D eigenvalue weighted by atomic mass is 10.4. The molecule has 6 heteroatoms. The van der Waals surface area contributed by atoms with E-state index in [9.17, 15) is 0 Å². The SMILES string of the molecule is Cc1nc2ncnc-2c(Cl)n1S. The molecule has 2 aliphatic heterocycles. The Hall–Kier alpha value is -0.810. The van der Waals surface area contributed by atoms with Crippen LogP contribution >= 0.6 is 24.4 Å². The quantitative estimate of drug-likeness (QED) is 0.517. The molecule has 0 aromatic rings. The molecule has 4 nitrogen and oxygen atoms in total. The summed E-state index contributed by atoms with van der Waals surface area (Å²) in [5.74, 6) is 1.25. The third-order valence-corrected chi connectivity index (χ3v) is 2.49. The van der Waals surface area contributed by atoms with E-state index in [0.717, 1.165) is 0 Å². The van der Waals surface area contributed by atoms with E-state index in [0.29, 0.717) is 22.5 Å². The first kappa shape index (κ1) is 7.82. The number of imidazole rings is 1. The Morgan fingerprint density at radius 2 is 2.25 bits per heavy atom. The van der Waals surface area contributed by atoms with Gasteiger partial charge in [-0.3, -0.25) is 3.97 Å². The zero-order valence-corrected chi connectivity index (χ0v) is 7.84. The molecule has 2 rings (SSSR count). The summed E-state index contributed by atoms with van der Waals surface area (Å²) in [6.45, 7) is 1.80. The molecule has 0 aliphatic carbocycles. The Bertz CT molecular complexity index is 399. The van der Waals surface area contributed by atoms with E-state index in [2.05, 4.69) is 27.8 Å². The third kappa shape index (κ3) is 0.971. The summed E-state index contributed by atoms with van der Waals surface area (Å²) in [5, 5.41) is 0.443. The lowest BCUT2D eigenvalue weighted by Gasteiger charge is -2.06. The summed E-state index contributed by atoms with van der Waals surface area (Å²) in [6.07, 6.45) is 1.43. The van der Waals surface area contributed by atoms with E-state index in [1.807, 2.05) is 0 Å². The fourth-order valence-electron chi connectivity index (χ4n) is 0.931. The lowest BCUT2D eigenvalue weighted by Crippen LogP contribution is -2.00. The van der Waals surface area contributed by atoms with Crippen molar-refractivity contribution in [2.24, 2.45) is 0 Å². The van der Waals surface area contributed by atoms with Crippen LogP contribution < -0.4 is 0 Å². The van der Waals surface area contributed by atoms with E-state index in [1.54, 1.807) is 6.92 Å². The van der Waals surface area contributed by atoms with Crippen LogP contribution in [0.1, 0.15) is 5.82 Å². The number of nitrogens with zero attached hydrogens (tertiary/aromatic N) is 4. The maximum absolute atomic E-state index is 5.92. The highest BCUT2D eigenvalue weighted by molar-refractivity contribution is 7.78. The number of thiol groups is 1. The fraction of sp³-hybridized carbons (Fsp3) is 0.167. The van der Waals surface area contributed by atoms with Crippen LogP contribution in [0.2, 0.25) is 5.15 Å². The van der Waals surface area contributed by atoms with Crippen molar-refractivity contribution in [2.45, 2.75) is 6.92 Å². The molecule has 0 saturated heterocycles. The third-order valence-electron chi connectivity index (χ3n) is 1.53. The zero-order valence-electron chi connectivity index (χ0n) is 6.19. The van der Waals surface area contributed by atoms with Crippen LogP contribution in [0.5, 0.6) is 0 Å². The van der Waals surface area contributed by atoms with Crippen LogP contribution in [0.25, 0.3) is 11.5 Å². The van der Waals surface area contributed by atoms with Crippen LogP contribution in [0, 0.1) is 6.92 Å².